The van der Waals surface area contributed by atoms with Gasteiger partial charge in [-0.1, -0.05) is 11.6 Å². The number of aliphatic imine (C=N–C) groups is 1. The van der Waals surface area contributed by atoms with Crippen molar-refractivity contribution in [3.8, 4) is 0 Å². The third-order valence-corrected chi connectivity index (χ3v) is 4.45. The first-order chi connectivity index (χ1) is 12.8. The SMILES string of the molecule is C[C@]1(c2cc(NC(=O)c3ccc(Cl)cn3)ccc2F)N=C(N)COC[C@@H]1F. The van der Waals surface area contributed by atoms with Crippen LogP contribution in [0.2, 0.25) is 5.02 Å². The number of benzene rings is 1. The number of amidine groups is 1. The fourth-order valence-electron chi connectivity index (χ4n) is 2.75. The minimum absolute atomic E-state index is 0.0315. The molecule has 0 fully saturated rings. The lowest BCUT2D eigenvalue weighted by molar-refractivity contribution is 0.0754. The zero-order valence-electron chi connectivity index (χ0n) is 14.4. The van der Waals surface area contributed by atoms with Gasteiger partial charge in [-0.15, -0.1) is 0 Å². The van der Waals surface area contributed by atoms with Gasteiger partial charge in [0, 0.05) is 17.4 Å². The molecule has 0 saturated carbocycles. The minimum Gasteiger partial charge on any atom is -0.386 e. The third kappa shape index (κ3) is 4.06. The zero-order chi connectivity index (χ0) is 19.6. The normalized spacial score (nSPS) is 22.7. The van der Waals surface area contributed by atoms with E-state index >= 15 is 0 Å². The Morgan fingerprint density at radius 2 is 2.19 bits per heavy atom. The highest BCUT2D eigenvalue weighted by molar-refractivity contribution is 6.30. The van der Waals surface area contributed by atoms with Crippen LogP contribution < -0.4 is 11.1 Å². The van der Waals surface area contributed by atoms with E-state index in [1.807, 2.05) is 0 Å². The fraction of sp³-hybridized carbons (Fsp3) is 0.278. The van der Waals surface area contributed by atoms with E-state index in [1.54, 1.807) is 0 Å². The van der Waals surface area contributed by atoms with Crippen molar-refractivity contribution in [2.24, 2.45) is 10.7 Å². The molecule has 0 spiro atoms. The van der Waals surface area contributed by atoms with Crippen LogP contribution in [0.15, 0.2) is 41.5 Å². The molecule has 6 nitrogen and oxygen atoms in total. The molecular weight excluding hydrogens is 378 g/mol. The average Bonchev–Trinajstić information content (AvgIpc) is 2.75. The molecule has 1 aliphatic rings. The summed E-state index contributed by atoms with van der Waals surface area (Å²) in [6.45, 7) is 1.13. The van der Waals surface area contributed by atoms with E-state index in [9.17, 15) is 13.6 Å². The van der Waals surface area contributed by atoms with Crippen molar-refractivity contribution in [1.82, 2.24) is 4.98 Å². The summed E-state index contributed by atoms with van der Waals surface area (Å²) >= 11 is 5.75. The molecule has 1 aliphatic heterocycles. The molecule has 1 amide bonds. The minimum atomic E-state index is -1.61. The molecule has 3 N–H and O–H groups in total. The number of ether oxygens (including phenoxy) is 1. The van der Waals surface area contributed by atoms with Crippen LogP contribution in [0.1, 0.15) is 23.0 Å². The van der Waals surface area contributed by atoms with Gasteiger partial charge in [0.2, 0.25) is 0 Å². The highest BCUT2D eigenvalue weighted by Gasteiger charge is 2.40. The summed E-state index contributed by atoms with van der Waals surface area (Å²) in [5.74, 6) is -1.11. The number of amides is 1. The Bertz CT molecular complexity index is 891. The van der Waals surface area contributed by atoms with E-state index < -0.39 is 23.4 Å². The smallest absolute Gasteiger partial charge is 0.274 e. The van der Waals surface area contributed by atoms with Crippen molar-refractivity contribution in [2.75, 3.05) is 18.5 Å². The van der Waals surface area contributed by atoms with Gasteiger partial charge < -0.3 is 15.8 Å². The average molecular weight is 395 g/mol. The number of anilines is 1. The second kappa shape index (κ2) is 7.58. The number of nitrogens with two attached hydrogens (primary N) is 1. The monoisotopic (exact) mass is 394 g/mol. The lowest BCUT2D eigenvalue weighted by Gasteiger charge is -2.28. The van der Waals surface area contributed by atoms with E-state index in [1.165, 1.54) is 37.4 Å². The Balaban J connectivity index is 1.93. The molecule has 3 rings (SSSR count). The molecule has 0 aliphatic carbocycles. The van der Waals surface area contributed by atoms with E-state index in [-0.39, 0.29) is 36.0 Å². The number of pyridine rings is 1. The Kier molecular flexibility index (Phi) is 5.38. The van der Waals surface area contributed by atoms with E-state index in [0.717, 1.165) is 6.07 Å². The number of carbonyl (C=O) groups excluding carboxylic acids is 1. The summed E-state index contributed by atoms with van der Waals surface area (Å²) in [4.78, 5) is 20.3. The standard InChI is InChI=1S/C18H17ClF2N4O2/c1-18(15(21)8-27-9-16(22)25-18)12-6-11(3-4-13(12)20)24-17(26)14-5-2-10(19)7-23-14/h2-7,15H,8-9H2,1H3,(H2,22,25)(H,24,26)/t15-,18+/m0/s1. The summed E-state index contributed by atoms with van der Waals surface area (Å²) in [6.07, 6.45) is -0.276. The van der Waals surface area contributed by atoms with Crippen LogP contribution >= 0.6 is 11.6 Å². The first-order valence-electron chi connectivity index (χ1n) is 8.08. The van der Waals surface area contributed by atoms with Crippen molar-refractivity contribution in [2.45, 2.75) is 18.6 Å². The molecule has 1 aromatic carbocycles. The van der Waals surface area contributed by atoms with Crippen molar-refractivity contribution in [3.05, 3.63) is 58.6 Å². The van der Waals surface area contributed by atoms with Gasteiger partial charge in [-0.2, -0.15) is 0 Å². The fourth-order valence-corrected chi connectivity index (χ4v) is 2.87. The number of carbonyl (C=O) groups is 1. The molecule has 0 radical (unpaired) electrons. The van der Waals surface area contributed by atoms with E-state index in [0.29, 0.717) is 5.02 Å². The Morgan fingerprint density at radius 1 is 1.41 bits per heavy atom. The predicted octanol–water partition coefficient (Wildman–Crippen LogP) is 3.07. The summed E-state index contributed by atoms with van der Waals surface area (Å²) in [6, 6.07) is 6.81. The van der Waals surface area contributed by atoms with Gasteiger partial charge in [0.1, 0.15) is 29.5 Å². The number of alkyl halides is 1. The molecule has 1 aromatic heterocycles. The summed E-state index contributed by atoms with van der Waals surface area (Å²) in [5.41, 5.74) is 4.49. The van der Waals surface area contributed by atoms with Crippen LogP contribution in [-0.2, 0) is 10.3 Å². The highest BCUT2D eigenvalue weighted by atomic mass is 35.5. The Hall–Kier alpha value is -2.58. The third-order valence-electron chi connectivity index (χ3n) is 4.23. The number of halogens is 3. The maximum Gasteiger partial charge on any atom is 0.274 e. The number of hydrogen-bond acceptors (Lipinski definition) is 5. The summed E-state index contributed by atoms with van der Waals surface area (Å²) < 4.78 is 34.2. The molecule has 2 atom stereocenters. The molecule has 0 unspecified atom stereocenters. The molecule has 0 saturated heterocycles. The second-order valence-corrected chi connectivity index (χ2v) is 6.68. The van der Waals surface area contributed by atoms with Gasteiger partial charge in [0.15, 0.2) is 6.17 Å². The number of aromatic nitrogens is 1. The van der Waals surface area contributed by atoms with Crippen LogP contribution in [-0.4, -0.2) is 36.1 Å². The van der Waals surface area contributed by atoms with Crippen molar-refractivity contribution >= 4 is 29.0 Å². The lowest BCUT2D eigenvalue weighted by atomic mass is 9.87. The number of rotatable bonds is 3. The molecular formula is C18H17ClF2N4O2. The zero-order valence-corrected chi connectivity index (χ0v) is 15.1. The Morgan fingerprint density at radius 3 is 2.89 bits per heavy atom. The molecule has 142 valence electrons. The van der Waals surface area contributed by atoms with Crippen LogP contribution in [0.4, 0.5) is 14.5 Å². The van der Waals surface area contributed by atoms with Crippen molar-refractivity contribution in [1.29, 1.82) is 0 Å². The van der Waals surface area contributed by atoms with Gasteiger partial charge in [-0.05, 0) is 37.3 Å². The lowest BCUT2D eigenvalue weighted by Crippen LogP contribution is -2.35. The topological polar surface area (TPSA) is 89.6 Å². The maximum absolute atomic E-state index is 14.7. The van der Waals surface area contributed by atoms with Crippen LogP contribution in [0.25, 0.3) is 0 Å². The molecule has 2 aromatic rings. The van der Waals surface area contributed by atoms with Gasteiger partial charge in [0.05, 0.1) is 11.6 Å². The Labute approximate surface area is 159 Å². The van der Waals surface area contributed by atoms with Crippen molar-refractivity contribution < 1.29 is 18.3 Å². The first-order valence-corrected chi connectivity index (χ1v) is 8.46. The quantitative estimate of drug-likeness (QED) is 0.837. The van der Waals surface area contributed by atoms with Gasteiger partial charge in [-0.3, -0.25) is 9.79 Å². The van der Waals surface area contributed by atoms with Gasteiger partial charge in [0.25, 0.3) is 5.91 Å². The van der Waals surface area contributed by atoms with Crippen LogP contribution in [0, 0.1) is 5.82 Å². The summed E-state index contributed by atoms with van der Waals surface area (Å²) in [5, 5.41) is 2.99. The highest BCUT2D eigenvalue weighted by Crippen LogP contribution is 2.36. The summed E-state index contributed by atoms with van der Waals surface area (Å²) in [7, 11) is 0. The number of nitrogens with zero attached hydrogens (tertiary/aromatic N) is 2. The predicted molar refractivity (Wildman–Crippen MR) is 98.3 cm³/mol. The molecule has 9 heteroatoms. The first kappa shape index (κ1) is 19.2. The van der Waals surface area contributed by atoms with E-state index in [4.69, 9.17) is 22.1 Å². The van der Waals surface area contributed by atoms with Gasteiger partial charge in [-0.25, -0.2) is 13.8 Å². The molecule has 0 bridgehead atoms. The second-order valence-electron chi connectivity index (χ2n) is 6.24. The number of hydrogen-bond donors (Lipinski definition) is 2. The maximum atomic E-state index is 14.7. The molecule has 2 heterocycles. The van der Waals surface area contributed by atoms with Crippen LogP contribution in [0.3, 0.4) is 0 Å². The number of nitrogens with one attached hydrogen (secondary N) is 1. The molecule has 27 heavy (non-hydrogen) atoms. The van der Waals surface area contributed by atoms with E-state index in [2.05, 4.69) is 15.3 Å². The largest absolute Gasteiger partial charge is 0.386 e. The van der Waals surface area contributed by atoms with Crippen LogP contribution in [0.5, 0.6) is 0 Å². The van der Waals surface area contributed by atoms with Gasteiger partial charge >= 0.3 is 0 Å². The van der Waals surface area contributed by atoms with Crippen molar-refractivity contribution in [3.63, 3.8) is 0 Å².